The molecule has 2 heterocycles. The first-order valence-electron chi connectivity index (χ1n) is 4.19. The zero-order valence-electron chi connectivity index (χ0n) is 7.34. The number of carbonyl (C=O) groups is 1. The second-order valence-corrected chi connectivity index (χ2v) is 5.71. The van der Waals surface area contributed by atoms with E-state index in [0.29, 0.717) is 0 Å². The molecule has 4 heteroatoms. The first-order valence-corrected chi connectivity index (χ1v) is 5.80. The predicted molar refractivity (Wildman–Crippen MR) is 56.8 cm³/mol. The molecule has 13 heavy (non-hydrogen) atoms. The van der Waals surface area contributed by atoms with Gasteiger partial charge in [0.15, 0.2) is 0 Å². The van der Waals surface area contributed by atoms with Crippen LogP contribution in [0.1, 0.15) is 17.4 Å². The van der Waals surface area contributed by atoms with Crippen molar-refractivity contribution in [3.05, 3.63) is 20.3 Å². The summed E-state index contributed by atoms with van der Waals surface area (Å²) >= 11 is 5.25. The number of nitrogens with zero attached hydrogens (tertiary/aromatic N) is 1. The summed E-state index contributed by atoms with van der Waals surface area (Å²) in [6.45, 7) is 3.29. The summed E-state index contributed by atoms with van der Waals surface area (Å²) in [5.74, 6) is 0.174. The van der Waals surface area contributed by atoms with Gasteiger partial charge in [-0.05, 0) is 34.0 Å². The number of rotatable bonds is 0. The molecular formula is C9H10BrNOS. The Morgan fingerprint density at radius 1 is 1.69 bits per heavy atom. The first-order chi connectivity index (χ1) is 6.16. The van der Waals surface area contributed by atoms with Gasteiger partial charge >= 0.3 is 0 Å². The lowest BCUT2D eigenvalue weighted by Gasteiger charge is -2.25. The van der Waals surface area contributed by atoms with E-state index in [9.17, 15) is 4.79 Å². The molecule has 0 spiro atoms. The molecule has 0 aliphatic carbocycles. The van der Waals surface area contributed by atoms with Crippen LogP contribution in [0.5, 0.6) is 0 Å². The van der Waals surface area contributed by atoms with Gasteiger partial charge in [0.2, 0.25) is 5.91 Å². The van der Waals surface area contributed by atoms with Crippen LogP contribution in [0.2, 0.25) is 0 Å². The van der Waals surface area contributed by atoms with Crippen molar-refractivity contribution in [3.63, 3.8) is 0 Å². The van der Waals surface area contributed by atoms with Crippen LogP contribution in [0.3, 0.4) is 0 Å². The molecule has 1 amide bonds. The largest absolute Gasteiger partial charge is 0.338 e. The summed E-state index contributed by atoms with van der Waals surface area (Å²) in [4.78, 5) is 14.4. The van der Waals surface area contributed by atoms with Crippen molar-refractivity contribution >= 4 is 33.2 Å². The van der Waals surface area contributed by atoms with Crippen molar-refractivity contribution < 1.29 is 4.79 Å². The van der Waals surface area contributed by atoms with Gasteiger partial charge in [-0.1, -0.05) is 0 Å². The number of amides is 1. The monoisotopic (exact) mass is 259 g/mol. The summed E-state index contributed by atoms with van der Waals surface area (Å²) in [6, 6.07) is 2.12. The van der Waals surface area contributed by atoms with Crippen molar-refractivity contribution in [2.24, 2.45) is 0 Å². The Bertz CT molecular complexity index is 347. The quantitative estimate of drug-likeness (QED) is 0.701. The van der Waals surface area contributed by atoms with Gasteiger partial charge in [-0.25, -0.2) is 0 Å². The van der Waals surface area contributed by atoms with Crippen LogP contribution in [0.25, 0.3) is 0 Å². The van der Waals surface area contributed by atoms with E-state index >= 15 is 0 Å². The Kier molecular flexibility index (Phi) is 2.43. The van der Waals surface area contributed by atoms with Crippen molar-refractivity contribution in [1.29, 1.82) is 0 Å². The highest BCUT2D eigenvalue weighted by Gasteiger charge is 2.19. The van der Waals surface area contributed by atoms with E-state index in [4.69, 9.17) is 0 Å². The van der Waals surface area contributed by atoms with E-state index in [2.05, 4.69) is 22.0 Å². The van der Waals surface area contributed by atoms with Crippen molar-refractivity contribution in [2.75, 3.05) is 6.54 Å². The molecule has 0 saturated carbocycles. The molecule has 70 valence electrons. The summed E-state index contributed by atoms with van der Waals surface area (Å²) < 4.78 is 1.17. The Hall–Kier alpha value is -0.350. The molecule has 0 atom stereocenters. The van der Waals surface area contributed by atoms with Gasteiger partial charge in [0.25, 0.3) is 0 Å². The van der Waals surface area contributed by atoms with Gasteiger partial charge < -0.3 is 4.90 Å². The molecule has 0 saturated heterocycles. The number of fused-ring (bicyclic) bond motifs is 1. The Labute approximate surface area is 89.7 Å². The highest BCUT2D eigenvalue weighted by molar-refractivity contribution is 9.11. The topological polar surface area (TPSA) is 20.3 Å². The van der Waals surface area contributed by atoms with Gasteiger partial charge in [-0.15, -0.1) is 11.3 Å². The number of halogens is 1. The minimum atomic E-state index is 0.174. The van der Waals surface area contributed by atoms with Crippen LogP contribution in [-0.2, 0) is 17.8 Å². The minimum absolute atomic E-state index is 0.174. The lowest BCUT2D eigenvalue weighted by molar-refractivity contribution is -0.129. The van der Waals surface area contributed by atoms with Gasteiger partial charge in [-0.3, -0.25) is 4.79 Å². The van der Waals surface area contributed by atoms with Gasteiger partial charge in [0, 0.05) is 24.9 Å². The SMILES string of the molecule is CC(=O)N1CCc2sc(Br)cc2C1. The summed E-state index contributed by atoms with van der Waals surface area (Å²) in [5.41, 5.74) is 1.30. The number of hydrogen-bond acceptors (Lipinski definition) is 2. The number of carbonyl (C=O) groups excluding carboxylic acids is 1. The fourth-order valence-electron chi connectivity index (χ4n) is 1.57. The molecule has 0 fully saturated rings. The smallest absolute Gasteiger partial charge is 0.219 e. The Balaban J connectivity index is 2.24. The second kappa shape index (κ2) is 3.42. The lowest BCUT2D eigenvalue weighted by atomic mass is 10.1. The van der Waals surface area contributed by atoms with Crippen molar-refractivity contribution in [2.45, 2.75) is 19.9 Å². The molecular weight excluding hydrogens is 250 g/mol. The van der Waals surface area contributed by atoms with Crippen LogP contribution in [0.15, 0.2) is 9.85 Å². The Morgan fingerprint density at radius 2 is 2.46 bits per heavy atom. The molecule has 0 N–H and O–H groups in total. The van der Waals surface area contributed by atoms with Crippen LogP contribution in [0, 0.1) is 0 Å². The highest BCUT2D eigenvalue weighted by Crippen LogP contribution is 2.31. The molecule has 0 bridgehead atoms. The average Bonchev–Trinajstić information content (AvgIpc) is 2.42. The summed E-state index contributed by atoms with van der Waals surface area (Å²) in [6.07, 6.45) is 1.01. The highest BCUT2D eigenvalue weighted by atomic mass is 79.9. The van der Waals surface area contributed by atoms with Crippen LogP contribution < -0.4 is 0 Å². The van der Waals surface area contributed by atoms with E-state index in [-0.39, 0.29) is 5.91 Å². The third-order valence-electron chi connectivity index (χ3n) is 2.28. The molecule has 1 aromatic rings. The maximum Gasteiger partial charge on any atom is 0.219 e. The van der Waals surface area contributed by atoms with Crippen molar-refractivity contribution in [3.8, 4) is 0 Å². The van der Waals surface area contributed by atoms with E-state index in [0.717, 1.165) is 19.5 Å². The zero-order valence-corrected chi connectivity index (χ0v) is 9.74. The predicted octanol–water partition coefficient (Wildman–Crippen LogP) is 2.42. The third kappa shape index (κ3) is 1.79. The average molecular weight is 260 g/mol. The maximum absolute atomic E-state index is 11.1. The Morgan fingerprint density at radius 3 is 3.15 bits per heavy atom. The molecule has 1 aliphatic heterocycles. The van der Waals surface area contributed by atoms with Crippen LogP contribution in [-0.4, -0.2) is 17.4 Å². The third-order valence-corrected chi connectivity index (χ3v) is 4.02. The van der Waals surface area contributed by atoms with E-state index in [1.54, 1.807) is 18.3 Å². The molecule has 0 radical (unpaired) electrons. The molecule has 1 aliphatic rings. The van der Waals surface area contributed by atoms with Gasteiger partial charge in [-0.2, -0.15) is 0 Å². The van der Waals surface area contributed by atoms with Gasteiger partial charge in [0.1, 0.15) is 0 Å². The molecule has 1 aromatic heterocycles. The lowest BCUT2D eigenvalue weighted by Crippen LogP contribution is -2.33. The standard InChI is InChI=1S/C9H10BrNOS/c1-6(12)11-3-2-8-7(5-11)4-9(10)13-8/h4H,2-3,5H2,1H3. The van der Waals surface area contributed by atoms with Crippen molar-refractivity contribution in [1.82, 2.24) is 4.90 Å². The van der Waals surface area contributed by atoms with Crippen LogP contribution in [0.4, 0.5) is 0 Å². The van der Waals surface area contributed by atoms with Crippen LogP contribution >= 0.6 is 27.3 Å². The molecule has 2 nitrogen and oxygen atoms in total. The normalized spacial score (nSPS) is 15.7. The molecule has 0 aromatic carbocycles. The summed E-state index contributed by atoms with van der Waals surface area (Å²) in [5, 5.41) is 0. The summed E-state index contributed by atoms with van der Waals surface area (Å²) in [7, 11) is 0. The fourth-order valence-corrected chi connectivity index (χ4v) is 3.31. The fraction of sp³-hybridized carbons (Fsp3) is 0.444. The molecule has 2 rings (SSSR count). The first kappa shape index (κ1) is 9.21. The maximum atomic E-state index is 11.1. The van der Waals surface area contributed by atoms with Gasteiger partial charge in [0.05, 0.1) is 3.79 Å². The second-order valence-electron chi connectivity index (χ2n) is 3.19. The number of hydrogen-bond donors (Lipinski definition) is 0. The number of thiophene rings is 1. The molecule has 0 unspecified atom stereocenters. The minimum Gasteiger partial charge on any atom is -0.338 e. The zero-order chi connectivity index (χ0) is 9.42. The van der Waals surface area contributed by atoms with E-state index < -0.39 is 0 Å². The van der Waals surface area contributed by atoms with E-state index in [1.165, 1.54) is 14.2 Å². The van der Waals surface area contributed by atoms with E-state index in [1.807, 2.05) is 4.90 Å².